The molecule has 28 heavy (non-hydrogen) atoms. The Bertz CT molecular complexity index is 1010. The van der Waals surface area contributed by atoms with Crippen LogP contribution in [0.4, 0.5) is 17.1 Å². The third-order valence-electron chi connectivity index (χ3n) is 4.00. The molecule has 0 saturated heterocycles. The van der Waals surface area contributed by atoms with Crippen LogP contribution in [-0.4, -0.2) is 38.7 Å². The van der Waals surface area contributed by atoms with Crippen LogP contribution in [0.25, 0.3) is 0 Å². The van der Waals surface area contributed by atoms with Crippen molar-refractivity contribution in [3.63, 3.8) is 0 Å². The van der Waals surface area contributed by atoms with E-state index < -0.39 is 26.9 Å². The average Bonchev–Trinajstić information content (AvgIpc) is 2.61. The number of nitro benzene ring substituents is 1. The number of ether oxygens (including phenoxy) is 1. The number of aryl methyl sites for hydroxylation is 1. The van der Waals surface area contributed by atoms with Gasteiger partial charge in [-0.15, -0.1) is 0 Å². The highest BCUT2D eigenvalue weighted by Gasteiger charge is 2.30. The van der Waals surface area contributed by atoms with E-state index in [0.29, 0.717) is 11.4 Å². The van der Waals surface area contributed by atoms with E-state index in [1.165, 1.54) is 32.2 Å². The van der Waals surface area contributed by atoms with Gasteiger partial charge in [-0.1, -0.05) is 12.1 Å². The number of nitro groups is 1. The number of carbonyl (C=O) groups is 1. The molecule has 1 atom stereocenters. The molecule has 0 radical (unpaired) electrons. The molecule has 2 aromatic rings. The van der Waals surface area contributed by atoms with Gasteiger partial charge in [-0.2, -0.15) is 0 Å². The van der Waals surface area contributed by atoms with Crippen molar-refractivity contribution in [3.8, 4) is 5.75 Å². The summed E-state index contributed by atoms with van der Waals surface area (Å²) in [6, 6.07) is 9.13. The van der Waals surface area contributed by atoms with Crippen LogP contribution in [0.1, 0.15) is 12.5 Å². The fraction of sp³-hybridized carbons (Fsp3) is 0.278. The Kier molecular flexibility index (Phi) is 6.24. The van der Waals surface area contributed by atoms with Crippen molar-refractivity contribution in [2.24, 2.45) is 0 Å². The molecule has 0 aliphatic heterocycles. The van der Waals surface area contributed by atoms with Crippen molar-refractivity contribution in [3.05, 3.63) is 58.1 Å². The molecule has 1 amide bonds. The quantitative estimate of drug-likeness (QED) is 0.557. The van der Waals surface area contributed by atoms with E-state index in [-0.39, 0.29) is 11.4 Å². The summed E-state index contributed by atoms with van der Waals surface area (Å²) in [5.41, 5.74) is 1.02. The van der Waals surface area contributed by atoms with Gasteiger partial charge in [-0.05, 0) is 37.6 Å². The summed E-state index contributed by atoms with van der Waals surface area (Å²) in [4.78, 5) is 23.2. The third kappa shape index (κ3) is 4.77. The number of hydrogen-bond donors (Lipinski definition) is 1. The molecule has 0 spiro atoms. The van der Waals surface area contributed by atoms with Crippen molar-refractivity contribution in [1.29, 1.82) is 0 Å². The minimum Gasteiger partial charge on any atom is -0.495 e. The van der Waals surface area contributed by atoms with Gasteiger partial charge in [0.25, 0.3) is 5.69 Å². The van der Waals surface area contributed by atoms with Crippen LogP contribution >= 0.6 is 0 Å². The lowest BCUT2D eigenvalue weighted by Gasteiger charge is -2.28. The van der Waals surface area contributed by atoms with Crippen LogP contribution in [0.3, 0.4) is 0 Å². The van der Waals surface area contributed by atoms with Crippen LogP contribution < -0.4 is 14.4 Å². The van der Waals surface area contributed by atoms with E-state index in [0.717, 1.165) is 22.2 Å². The number of rotatable bonds is 7. The van der Waals surface area contributed by atoms with E-state index in [1.54, 1.807) is 12.1 Å². The van der Waals surface area contributed by atoms with E-state index in [1.807, 2.05) is 13.0 Å². The summed E-state index contributed by atoms with van der Waals surface area (Å²) in [5, 5.41) is 13.7. The highest BCUT2D eigenvalue weighted by atomic mass is 32.2. The van der Waals surface area contributed by atoms with E-state index in [2.05, 4.69) is 5.32 Å². The lowest BCUT2D eigenvalue weighted by atomic mass is 10.2. The Labute approximate surface area is 163 Å². The number of methoxy groups -OCH3 is 1. The highest BCUT2D eigenvalue weighted by molar-refractivity contribution is 7.92. The van der Waals surface area contributed by atoms with Crippen LogP contribution in [0.2, 0.25) is 0 Å². The van der Waals surface area contributed by atoms with Gasteiger partial charge >= 0.3 is 0 Å². The lowest BCUT2D eigenvalue weighted by molar-refractivity contribution is -0.384. The molecule has 1 N–H and O–H groups in total. The number of benzene rings is 2. The number of amides is 1. The molecule has 0 aliphatic carbocycles. The van der Waals surface area contributed by atoms with Gasteiger partial charge in [0.2, 0.25) is 15.9 Å². The molecule has 0 bridgehead atoms. The van der Waals surface area contributed by atoms with Gasteiger partial charge in [-0.25, -0.2) is 8.42 Å². The normalized spacial score (nSPS) is 12.1. The van der Waals surface area contributed by atoms with Crippen molar-refractivity contribution in [2.45, 2.75) is 19.9 Å². The SMILES string of the molecule is COc1ccc(C)cc1NC(=O)[C@@H](C)N(c1cccc([N+](=O)[O-])c1)S(C)(=O)=O. The number of nitrogens with one attached hydrogen (secondary N) is 1. The Hall–Kier alpha value is -3.14. The number of non-ortho nitro benzene ring substituents is 1. The maximum absolute atomic E-state index is 12.8. The molecule has 0 aromatic heterocycles. The second-order valence-electron chi connectivity index (χ2n) is 6.20. The summed E-state index contributed by atoms with van der Waals surface area (Å²) in [6.07, 6.45) is 0.933. The first kappa shape index (κ1) is 21.2. The first-order valence-corrected chi connectivity index (χ1v) is 10.1. The first-order valence-electron chi connectivity index (χ1n) is 8.24. The van der Waals surface area contributed by atoms with Crippen LogP contribution in [0.15, 0.2) is 42.5 Å². The standard InChI is InChI=1S/C18H21N3O6S/c1-12-8-9-17(27-3)16(10-12)19-18(22)13(2)20(28(4,25)26)14-6-5-7-15(11-14)21(23)24/h5-11,13H,1-4H3,(H,19,22)/t13-/m1/s1. The zero-order valence-electron chi connectivity index (χ0n) is 15.9. The lowest BCUT2D eigenvalue weighted by Crippen LogP contribution is -2.45. The molecule has 0 aliphatic rings. The molecule has 0 heterocycles. The Morgan fingerprint density at radius 2 is 1.93 bits per heavy atom. The number of hydrogen-bond acceptors (Lipinski definition) is 6. The second kappa shape index (κ2) is 8.26. The Balaban J connectivity index is 2.40. The fourth-order valence-electron chi connectivity index (χ4n) is 2.71. The van der Waals surface area contributed by atoms with E-state index in [4.69, 9.17) is 4.74 Å². The predicted molar refractivity (Wildman–Crippen MR) is 106 cm³/mol. The molecule has 2 aromatic carbocycles. The highest BCUT2D eigenvalue weighted by Crippen LogP contribution is 2.28. The monoisotopic (exact) mass is 407 g/mol. The molecule has 9 nitrogen and oxygen atoms in total. The van der Waals surface area contributed by atoms with Crippen LogP contribution in [-0.2, 0) is 14.8 Å². The maximum atomic E-state index is 12.8. The number of anilines is 2. The molecule has 0 fully saturated rings. The second-order valence-corrected chi connectivity index (χ2v) is 8.06. The van der Waals surface area contributed by atoms with Gasteiger partial charge in [0.1, 0.15) is 11.8 Å². The van der Waals surface area contributed by atoms with Crippen LogP contribution in [0.5, 0.6) is 5.75 Å². The van der Waals surface area contributed by atoms with Crippen molar-refractivity contribution in [2.75, 3.05) is 23.0 Å². The molecule has 150 valence electrons. The maximum Gasteiger partial charge on any atom is 0.271 e. The average molecular weight is 407 g/mol. The van der Waals surface area contributed by atoms with Crippen molar-refractivity contribution >= 4 is 33.0 Å². The van der Waals surface area contributed by atoms with Gasteiger partial charge < -0.3 is 10.1 Å². The minimum atomic E-state index is -3.90. The summed E-state index contributed by atoms with van der Waals surface area (Å²) in [5.74, 6) is -0.187. The topological polar surface area (TPSA) is 119 Å². The smallest absolute Gasteiger partial charge is 0.271 e. The van der Waals surface area contributed by atoms with E-state index in [9.17, 15) is 23.3 Å². The van der Waals surface area contributed by atoms with Gasteiger partial charge in [0, 0.05) is 12.1 Å². The number of carbonyl (C=O) groups excluding carboxylic acids is 1. The number of sulfonamides is 1. The van der Waals surface area contributed by atoms with Crippen LogP contribution in [0, 0.1) is 17.0 Å². The Morgan fingerprint density at radius 3 is 2.50 bits per heavy atom. The molecule has 0 saturated carbocycles. The first-order chi connectivity index (χ1) is 13.0. The Morgan fingerprint density at radius 1 is 1.25 bits per heavy atom. The van der Waals surface area contributed by atoms with Gasteiger partial charge in [-0.3, -0.25) is 19.2 Å². The summed E-state index contributed by atoms with van der Waals surface area (Å²) < 4.78 is 30.7. The summed E-state index contributed by atoms with van der Waals surface area (Å²) in [7, 11) is -2.45. The molecule has 0 unspecified atom stereocenters. The third-order valence-corrected chi connectivity index (χ3v) is 5.24. The van der Waals surface area contributed by atoms with Crippen molar-refractivity contribution < 1.29 is 22.9 Å². The molecular formula is C18H21N3O6S. The summed E-state index contributed by atoms with van der Waals surface area (Å²) >= 11 is 0. The number of nitrogens with zero attached hydrogens (tertiary/aromatic N) is 2. The molecular weight excluding hydrogens is 386 g/mol. The van der Waals surface area contributed by atoms with Gasteiger partial charge in [0.15, 0.2) is 0 Å². The largest absolute Gasteiger partial charge is 0.495 e. The molecule has 2 rings (SSSR count). The van der Waals surface area contributed by atoms with Gasteiger partial charge in [0.05, 0.1) is 29.7 Å². The zero-order valence-corrected chi connectivity index (χ0v) is 16.7. The molecule has 10 heteroatoms. The predicted octanol–water partition coefficient (Wildman–Crippen LogP) is 2.71. The van der Waals surface area contributed by atoms with Crippen molar-refractivity contribution in [1.82, 2.24) is 0 Å². The zero-order chi connectivity index (χ0) is 21.1. The minimum absolute atomic E-state index is 0.0237. The van der Waals surface area contributed by atoms with E-state index >= 15 is 0 Å². The fourth-order valence-corrected chi connectivity index (χ4v) is 3.88. The summed E-state index contributed by atoms with van der Waals surface area (Å²) in [6.45, 7) is 3.24.